The average Bonchev–Trinajstić information content (AvgIpc) is 2.77. The summed E-state index contributed by atoms with van der Waals surface area (Å²) in [6.45, 7) is 0.506. The molecule has 18 heavy (non-hydrogen) atoms. The van der Waals surface area contributed by atoms with Crippen molar-refractivity contribution in [2.24, 2.45) is 0 Å². The van der Waals surface area contributed by atoms with Crippen LogP contribution in [0.4, 0.5) is 0 Å². The SMILES string of the molecule is COC(=O)CN(C)Cc1cc(=O)n2[nH]cnc2n1. The number of carbonyl (C=O) groups is 1. The maximum atomic E-state index is 11.7. The molecule has 96 valence electrons. The van der Waals surface area contributed by atoms with Crippen LogP contribution in [0.1, 0.15) is 5.69 Å². The van der Waals surface area contributed by atoms with E-state index in [9.17, 15) is 9.59 Å². The zero-order valence-electron chi connectivity index (χ0n) is 10.1. The zero-order valence-corrected chi connectivity index (χ0v) is 10.1. The Morgan fingerprint density at radius 3 is 3.11 bits per heavy atom. The highest BCUT2D eigenvalue weighted by molar-refractivity contribution is 5.71. The molecule has 1 N–H and O–H groups in total. The summed E-state index contributed by atoms with van der Waals surface area (Å²) in [5.74, 6) is -0.0287. The zero-order chi connectivity index (χ0) is 13.1. The van der Waals surface area contributed by atoms with Crippen molar-refractivity contribution in [3.63, 3.8) is 0 Å². The molecule has 0 radical (unpaired) electrons. The Balaban J connectivity index is 2.16. The van der Waals surface area contributed by atoms with Gasteiger partial charge in [0, 0.05) is 12.6 Å². The molecule has 8 heteroatoms. The minimum absolute atomic E-state index is 0.137. The molecule has 0 saturated heterocycles. The van der Waals surface area contributed by atoms with Gasteiger partial charge in [-0.15, -0.1) is 0 Å². The molecule has 0 aliphatic heterocycles. The molecule has 0 unspecified atom stereocenters. The molecule has 2 heterocycles. The van der Waals surface area contributed by atoms with Crippen LogP contribution in [-0.4, -0.2) is 51.2 Å². The maximum Gasteiger partial charge on any atom is 0.319 e. The Bertz CT molecular complexity index is 617. The van der Waals surface area contributed by atoms with E-state index < -0.39 is 0 Å². The van der Waals surface area contributed by atoms with Crippen molar-refractivity contribution in [3.05, 3.63) is 28.4 Å². The highest BCUT2D eigenvalue weighted by Crippen LogP contribution is 1.99. The summed E-state index contributed by atoms with van der Waals surface area (Å²) in [4.78, 5) is 32.6. The van der Waals surface area contributed by atoms with E-state index in [-0.39, 0.29) is 18.1 Å². The number of carbonyl (C=O) groups excluding carboxylic acids is 1. The number of esters is 1. The largest absolute Gasteiger partial charge is 0.468 e. The van der Waals surface area contributed by atoms with Gasteiger partial charge in [-0.25, -0.2) is 9.97 Å². The van der Waals surface area contributed by atoms with E-state index in [0.29, 0.717) is 18.0 Å². The molecule has 8 nitrogen and oxygen atoms in total. The Kier molecular flexibility index (Phi) is 3.38. The van der Waals surface area contributed by atoms with Gasteiger partial charge in [0.05, 0.1) is 19.3 Å². The quantitative estimate of drug-likeness (QED) is 0.702. The lowest BCUT2D eigenvalue weighted by Gasteiger charge is -2.13. The summed E-state index contributed by atoms with van der Waals surface area (Å²) in [7, 11) is 3.07. The molecule has 0 spiro atoms. The summed E-state index contributed by atoms with van der Waals surface area (Å²) in [5.41, 5.74) is 0.317. The van der Waals surface area contributed by atoms with Crippen molar-refractivity contribution in [2.75, 3.05) is 20.7 Å². The number of fused-ring (bicyclic) bond motifs is 1. The first-order valence-corrected chi connectivity index (χ1v) is 5.27. The van der Waals surface area contributed by atoms with E-state index in [2.05, 4.69) is 19.8 Å². The third-order valence-electron chi connectivity index (χ3n) is 2.38. The summed E-state index contributed by atoms with van der Waals surface area (Å²) >= 11 is 0. The summed E-state index contributed by atoms with van der Waals surface area (Å²) in [6.07, 6.45) is 1.39. The first-order chi connectivity index (χ1) is 8.60. The standard InChI is InChI=1S/C10H13N5O3/c1-14(5-9(17)18-2)4-7-3-8(16)15-10(13-7)11-6-12-15/h3,6H,4-5H2,1-2H3,(H,11,12,13). The average molecular weight is 251 g/mol. The second kappa shape index (κ2) is 4.96. The minimum Gasteiger partial charge on any atom is -0.468 e. The summed E-state index contributed by atoms with van der Waals surface area (Å²) < 4.78 is 5.80. The number of nitrogens with one attached hydrogen (secondary N) is 1. The lowest BCUT2D eigenvalue weighted by molar-refractivity contribution is -0.141. The van der Waals surface area contributed by atoms with Crippen LogP contribution in [-0.2, 0) is 16.1 Å². The fraction of sp³-hybridized carbons (Fsp3) is 0.400. The molecule has 0 atom stereocenters. The topological polar surface area (TPSA) is 92.6 Å². The van der Waals surface area contributed by atoms with Gasteiger partial charge in [-0.1, -0.05) is 0 Å². The lowest BCUT2D eigenvalue weighted by Crippen LogP contribution is -2.27. The van der Waals surface area contributed by atoms with Gasteiger partial charge in [-0.05, 0) is 7.05 Å². The molecule has 0 fully saturated rings. The van der Waals surface area contributed by atoms with Gasteiger partial charge in [0.2, 0.25) is 0 Å². The summed E-state index contributed by atoms with van der Waals surface area (Å²) in [6, 6.07) is 1.40. The highest BCUT2D eigenvalue weighted by atomic mass is 16.5. The van der Waals surface area contributed by atoms with Crippen LogP contribution in [0.25, 0.3) is 5.78 Å². The first kappa shape index (κ1) is 12.2. The van der Waals surface area contributed by atoms with Crippen molar-refractivity contribution >= 4 is 11.7 Å². The van der Waals surface area contributed by atoms with E-state index in [4.69, 9.17) is 0 Å². The van der Waals surface area contributed by atoms with Gasteiger partial charge in [-0.2, -0.15) is 4.52 Å². The molecule has 2 aromatic rings. The maximum absolute atomic E-state index is 11.7. The number of methoxy groups -OCH3 is 1. The third-order valence-corrected chi connectivity index (χ3v) is 2.38. The van der Waals surface area contributed by atoms with Crippen molar-refractivity contribution in [1.82, 2.24) is 24.5 Å². The number of aromatic amines is 1. The molecule has 0 aliphatic rings. The van der Waals surface area contributed by atoms with Crippen molar-refractivity contribution in [2.45, 2.75) is 6.54 Å². The summed E-state index contributed by atoms with van der Waals surface area (Å²) in [5, 5.41) is 2.65. The van der Waals surface area contributed by atoms with Gasteiger partial charge in [0.25, 0.3) is 11.3 Å². The number of ether oxygens (including phenoxy) is 1. The predicted octanol–water partition coefficient (Wildman–Crippen LogP) is -0.978. The van der Waals surface area contributed by atoms with E-state index in [0.717, 1.165) is 0 Å². The van der Waals surface area contributed by atoms with Crippen LogP contribution in [0.2, 0.25) is 0 Å². The molecule has 0 bridgehead atoms. The second-order valence-corrected chi connectivity index (χ2v) is 3.86. The molecule has 0 amide bonds. The Morgan fingerprint density at radius 1 is 1.61 bits per heavy atom. The van der Waals surface area contributed by atoms with E-state index in [1.807, 2.05) is 0 Å². The fourth-order valence-electron chi connectivity index (χ4n) is 1.57. The number of H-pyrrole nitrogens is 1. The van der Waals surface area contributed by atoms with Crippen LogP contribution in [0.5, 0.6) is 0 Å². The van der Waals surface area contributed by atoms with Gasteiger partial charge >= 0.3 is 5.97 Å². The molecule has 0 aromatic carbocycles. The molecule has 2 aromatic heterocycles. The minimum atomic E-state index is -0.338. The van der Waals surface area contributed by atoms with Gasteiger partial charge in [0.1, 0.15) is 6.33 Å². The van der Waals surface area contributed by atoms with Crippen LogP contribution in [0.15, 0.2) is 17.2 Å². The smallest absolute Gasteiger partial charge is 0.319 e. The lowest BCUT2D eigenvalue weighted by atomic mass is 10.3. The van der Waals surface area contributed by atoms with Crippen LogP contribution >= 0.6 is 0 Å². The number of rotatable bonds is 4. The normalized spacial score (nSPS) is 11.1. The van der Waals surface area contributed by atoms with E-state index >= 15 is 0 Å². The monoisotopic (exact) mass is 251 g/mol. The Labute approximate surface area is 102 Å². The van der Waals surface area contributed by atoms with Crippen molar-refractivity contribution in [1.29, 1.82) is 0 Å². The highest BCUT2D eigenvalue weighted by Gasteiger charge is 2.10. The number of hydrogen-bond donors (Lipinski definition) is 1. The molecule has 0 aliphatic carbocycles. The van der Waals surface area contributed by atoms with Crippen LogP contribution in [0, 0.1) is 0 Å². The van der Waals surface area contributed by atoms with E-state index in [1.165, 1.54) is 24.0 Å². The van der Waals surface area contributed by atoms with Crippen molar-refractivity contribution in [3.8, 4) is 0 Å². The van der Waals surface area contributed by atoms with E-state index in [1.54, 1.807) is 11.9 Å². The van der Waals surface area contributed by atoms with Crippen LogP contribution in [0.3, 0.4) is 0 Å². The van der Waals surface area contributed by atoms with Crippen LogP contribution < -0.4 is 5.56 Å². The third kappa shape index (κ3) is 2.54. The number of aromatic nitrogens is 4. The number of hydrogen-bond acceptors (Lipinski definition) is 6. The Hall–Kier alpha value is -2.22. The number of nitrogens with zero attached hydrogens (tertiary/aromatic N) is 4. The molecular formula is C10H13N5O3. The molecular weight excluding hydrogens is 238 g/mol. The van der Waals surface area contributed by atoms with Gasteiger partial charge < -0.3 is 4.74 Å². The molecule has 0 saturated carbocycles. The van der Waals surface area contributed by atoms with Gasteiger partial charge in [0.15, 0.2) is 0 Å². The number of likely N-dealkylation sites (N-methyl/N-ethyl adjacent to an activating group) is 1. The fourth-order valence-corrected chi connectivity index (χ4v) is 1.57. The Morgan fingerprint density at radius 2 is 2.39 bits per heavy atom. The van der Waals surface area contributed by atoms with Gasteiger partial charge in [-0.3, -0.25) is 19.6 Å². The van der Waals surface area contributed by atoms with Crippen molar-refractivity contribution < 1.29 is 9.53 Å². The first-order valence-electron chi connectivity index (χ1n) is 5.27. The second-order valence-electron chi connectivity index (χ2n) is 3.86. The predicted molar refractivity (Wildman–Crippen MR) is 62.0 cm³/mol. The molecule has 2 rings (SSSR count).